The van der Waals surface area contributed by atoms with Crippen LogP contribution >= 0.6 is 23.2 Å². The van der Waals surface area contributed by atoms with Gasteiger partial charge in [0.1, 0.15) is 18.3 Å². The number of hydrogen-bond donors (Lipinski definition) is 2. The number of benzene rings is 1. The second-order valence-electron chi connectivity index (χ2n) is 4.49. The molecule has 0 radical (unpaired) electrons. The van der Waals surface area contributed by atoms with Gasteiger partial charge in [-0.1, -0.05) is 23.2 Å². The van der Waals surface area contributed by atoms with Crippen molar-refractivity contribution in [2.45, 2.75) is 24.9 Å². The Morgan fingerprint density at radius 1 is 1.38 bits per heavy atom. The predicted octanol–water partition coefficient (Wildman–Crippen LogP) is 1.63. The lowest BCUT2D eigenvalue weighted by Crippen LogP contribution is -2.20. The summed E-state index contributed by atoms with van der Waals surface area (Å²) in [7, 11) is 1.36. The van der Waals surface area contributed by atoms with Crippen molar-refractivity contribution in [2.24, 2.45) is 0 Å². The Morgan fingerprint density at radius 3 is 2.62 bits per heavy atom. The summed E-state index contributed by atoms with van der Waals surface area (Å²) in [5.74, 6) is -0.597. The van der Waals surface area contributed by atoms with Gasteiger partial charge in [0, 0.05) is 6.42 Å². The van der Waals surface area contributed by atoms with E-state index >= 15 is 0 Å². The third-order valence-electron chi connectivity index (χ3n) is 3.03. The van der Waals surface area contributed by atoms with E-state index in [0.29, 0.717) is 0 Å². The van der Waals surface area contributed by atoms with Crippen LogP contribution in [0.1, 0.15) is 16.8 Å². The fraction of sp³-hybridized carbons (Fsp3) is 0.462. The number of methoxy groups -OCH3 is 1. The van der Waals surface area contributed by atoms with E-state index in [4.69, 9.17) is 37.4 Å². The van der Waals surface area contributed by atoms with E-state index in [1.54, 1.807) is 0 Å². The Balaban J connectivity index is 2.06. The van der Waals surface area contributed by atoms with Crippen molar-refractivity contribution in [3.63, 3.8) is 0 Å². The Labute approximate surface area is 131 Å². The van der Waals surface area contributed by atoms with Gasteiger partial charge in [0.25, 0.3) is 0 Å². The minimum absolute atomic E-state index is 0.0192. The van der Waals surface area contributed by atoms with Crippen molar-refractivity contribution >= 4 is 29.2 Å². The zero-order valence-electron chi connectivity index (χ0n) is 11.1. The van der Waals surface area contributed by atoms with Gasteiger partial charge in [0.15, 0.2) is 12.0 Å². The van der Waals surface area contributed by atoms with Gasteiger partial charge in [-0.3, -0.25) is 0 Å². The maximum Gasteiger partial charge on any atom is 0.343 e. The molecule has 1 aromatic carbocycles. The summed E-state index contributed by atoms with van der Waals surface area (Å²) in [6, 6.07) is 2.97. The van der Waals surface area contributed by atoms with E-state index in [0.717, 1.165) is 0 Å². The highest BCUT2D eigenvalue weighted by Gasteiger charge is 2.33. The van der Waals surface area contributed by atoms with E-state index in [1.165, 1.54) is 19.2 Å². The third kappa shape index (κ3) is 3.59. The van der Waals surface area contributed by atoms with Gasteiger partial charge < -0.3 is 24.4 Å². The smallest absolute Gasteiger partial charge is 0.343 e. The Bertz CT molecular complexity index is 526. The summed E-state index contributed by atoms with van der Waals surface area (Å²) >= 11 is 11.9. The largest absolute Gasteiger partial charge is 0.494 e. The quantitative estimate of drug-likeness (QED) is 0.813. The van der Waals surface area contributed by atoms with Crippen molar-refractivity contribution in [3.05, 3.63) is 27.7 Å². The van der Waals surface area contributed by atoms with Crippen molar-refractivity contribution in [1.29, 1.82) is 0 Å². The number of aliphatic hydroxyl groups excluding tert-OH is 2. The van der Waals surface area contributed by atoms with Crippen molar-refractivity contribution < 1.29 is 29.2 Å². The van der Waals surface area contributed by atoms with Gasteiger partial charge in [-0.15, -0.1) is 0 Å². The first-order chi connectivity index (χ1) is 9.93. The highest BCUT2D eigenvalue weighted by atomic mass is 35.5. The lowest BCUT2D eigenvalue weighted by molar-refractivity contribution is -0.133. The number of rotatable bonds is 4. The molecule has 0 aliphatic carbocycles. The first kappa shape index (κ1) is 16.3. The molecule has 0 aromatic heterocycles. The van der Waals surface area contributed by atoms with Crippen LogP contribution in [0, 0.1) is 0 Å². The summed E-state index contributed by atoms with van der Waals surface area (Å²) < 4.78 is 15.1. The normalized spacial score (nSPS) is 24.9. The standard InChI is InChI=1S/C13H14Cl2O6/c1-19-11-8(15)3-2-7(14)10(11)13(18)20-5-6-4-9(16)12(17)21-6/h2-3,6,9,12,16-17H,4-5H2,1H3. The molecular weight excluding hydrogens is 323 g/mol. The predicted molar refractivity (Wildman–Crippen MR) is 74.8 cm³/mol. The first-order valence-corrected chi connectivity index (χ1v) is 6.90. The molecule has 0 bridgehead atoms. The average molecular weight is 337 g/mol. The molecule has 21 heavy (non-hydrogen) atoms. The average Bonchev–Trinajstić information content (AvgIpc) is 2.77. The molecule has 3 atom stereocenters. The number of hydrogen-bond acceptors (Lipinski definition) is 6. The van der Waals surface area contributed by atoms with Gasteiger partial charge >= 0.3 is 5.97 Å². The molecule has 0 amide bonds. The van der Waals surface area contributed by atoms with Gasteiger partial charge in [0.05, 0.1) is 23.3 Å². The van der Waals surface area contributed by atoms with Crippen LogP contribution in [0.3, 0.4) is 0 Å². The van der Waals surface area contributed by atoms with Crippen molar-refractivity contribution in [2.75, 3.05) is 13.7 Å². The van der Waals surface area contributed by atoms with Crippen LogP contribution in [-0.4, -0.2) is 48.4 Å². The zero-order chi connectivity index (χ0) is 15.6. The molecule has 0 saturated carbocycles. The fourth-order valence-corrected chi connectivity index (χ4v) is 2.46. The molecule has 116 valence electrons. The molecule has 1 heterocycles. The van der Waals surface area contributed by atoms with Gasteiger partial charge in [0.2, 0.25) is 0 Å². The monoisotopic (exact) mass is 336 g/mol. The summed E-state index contributed by atoms with van der Waals surface area (Å²) in [4.78, 5) is 12.1. The van der Waals surface area contributed by atoms with E-state index in [1.807, 2.05) is 0 Å². The fourth-order valence-electron chi connectivity index (χ4n) is 2.00. The lowest BCUT2D eigenvalue weighted by Gasteiger charge is -2.14. The van der Waals surface area contributed by atoms with Crippen molar-refractivity contribution in [3.8, 4) is 5.75 Å². The number of carbonyl (C=O) groups is 1. The second-order valence-corrected chi connectivity index (χ2v) is 5.30. The maximum absolute atomic E-state index is 12.1. The summed E-state index contributed by atoms with van der Waals surface area (Å²) in [6.07, 6.45) is -2.66. The molecule has 2 rings (SSSR count). The molecule has 1 aliphatic heterocycles. The molecule has 2 N–H and O–H groups in total. The topological polar surface area (TPSA) is 85.2 Å². The number of aliphatic hydroxyl groups is 2. The van der Waals surface area contributed by atoms with Crippen LogP contribution in [0.15, 0.2) is 12.1 Å². The maximum atomic E-state index is 12.1. The summed E-state index contributed by atoms with van der Waals surface area (Å²) in [6.45, 7) is -0.126. The lowest BCUT2D eigenvalue weighted by atomic mass is 10.2. The van der Waals surface area contributed by atoms with E-state index in [2.05, 4.69) is 0 Å². The number of carbonyl (C=O) groups excluding carboxylic acids is 1. The van der Waals surface area contributed by atoms with Crippen LogP contribution in [0.2, 0.25) is 10.0 Å². The number of halogens is 2. The molecule has 8 heteroatoms. The Hall–Kier alpha value is -1.05. The van der Waals surface area contributed by atoms with Crippen LogP contribution < -0.4 is 4.74 Å². The van der Waals surface area contributed by atoms with E-state index in [9.17, 15) is 15.0 Å². The SMILES string of the molecule is COc1c(Cl)ccc(Cl)c1C(=O)OCC1CC(O)C(O)O1. The van der Waals surface area contributed by atoms with Gasteiger partial charge in [-0.25, -0.2) is 4.79 Å². The van der Waals surface area contributed by atoms with Crippen LogP contribution in [0.25, 0.3) is 0 Å². The number of ether oxygens (including phenoxy) is 3. The number of esters is 1. The Morgan fingerprint density at radius 2 is 2.05 bits per heavy atom. The molecule has 1 aromatic rings. The first-order valence-electron chi connectivity index (χ1n) is 6.14. The second kappa shape index (κ2) is 6.81. The van der Waals surface area contributed by atoms with E-state index < -0.39 is 24.5 Å². The third-order valence-corrected chi connectivity index (χ3v) is 3.65. The molecule has 6 nitrogen and oxygen atoms in total. The minimum Gasteiger partial charge on any atom is -0.494 e. The molecular formula is C13H14Cl2O6. The van der Waals surface area contributed by atoms with Crippen molar-refractivity contribution in [1.82, 2.24) is 0 Å². The summed E-state index contributed by atoms with van der Waals surface area (Å²) in [5.41, 5.74) is 0.0192. The molecule has 3 unspecified atom stereocenters. The molecule has 0 spiro atoms. The summed E-state index contributed by atoms with van der Waals surface area (Å²) in [5, 5.41) is 19.0. The van der Waals surface area contributed by atoms with E-state index in [-0.39, 0.29) is 34.4 Å². The van der Waals surface area contributed by atoms with Crippen LogP contribution in [0.5, 0.6) is 5.75 Å². The molecule has 1 aliphatic rings. The van der Waals surface area contributed by atoms with Gasteiger partial charge in [-0.2, -0.15) is 0 Å². The molecule has 1 saturated heterocycles. The highest BCUT2D eigenvalue weighted by molar-refractivity contribution is 6.37. The van der Waals surface area contributed by atoms with Crippen LogP contribution in [-0.2, 0) is 9.47 Å². The van der Waals surface area contributed by atoms with Crippen LogP contribution in [0.4, 0.5) is 0 Å². The highest BCUT2D eigenvalue weighted by Crippen LogP contribution is 2.34. The van der Waals surface area contributed by atoms with Gasteiger partial charge in [-0.05, 0) is 12.1 Å². The Kier molecular flexibility index (Phi) is 5.29. The molecule has 1 fully saturated rings. The minimum atomic E-state index is -1.27. The zero-order valence-corrected chi connectivity index (χ0v) is 12.6.